The Labute approximate surface area is 116 Å². The van der Waals surface area contributed by atoms with Crippen LogP contribution in [0.5, 0.6) is 0 Å². The van der Waals surface area contributed by atoms with Crippen molar-refractivity contribution in [3.63, 3.8) is 0 Å². The molecule has 0 unspecified atom stereocenters. The van der Waals surface area contributed by atoms with E-state index in [-0.39, 0.29) is 0 Å². The predicted octanol–water partition coefficient (Wildman–Crippen LogP) is 1.95. The van der Waals surface area contributed by atoms with E-state index in [2.05, 4.69) is 24.1 Å². The van der Waals surface area contributed by atoms with Crippen molar-refractivity contribution in [2.75, 3.05) is 26.2 Å². The summed E-state index contributed by atoms with van der Waals surface area (Å²) in [5, 5.41) is 13.2. The van der Waals surface area contributed by atoms with Crippen LogP contribution >= 0.6 is 0 Å². The van der Waals surface area contributed by atoms with Crippen molar-refractivity contribution < 1.29 is 9.90 Å². The molecule has 0 bridgehead atoms. The van der Waals surface area contributed by atoms with Gasteiger partial charge < -0.3 is 10.4 Å². The normalized spacial score (nSPS) is 34.2. The number of hydrogen-bond donors (Lipinski definition) is 2. The van der Waals surface area contributed by atoms with Crippen molar-refractivity contribution in [1.29, 1.82) is 0 Å². The number of carboxylic acid groups (broad SMARTS) is 1. The van der Waals surface area contributed by atoms with Gasteiger partial charge in [0.05, 0.1) is 0 Å². The first-order chi connectivity index (χ1) is 9.06. The van der Waals surface area contributed by atoms with Gasteiger partial charge in [0.15, 0.2) is 0 Å². The molecule has 1 aliphatic heterocycles. The average Bonchev–Trinajstić information content (AvgIpc) is 2.67. The monoisotopic (exact) mass is 268 g/mol. The fourth-order valence-corrected chi connectivity index (χ4v) is 3.72. The molecule has 1 heterocycles. The topological polar surface area (TPSA) is 52.6 Å². The average molecular weight is 268 g/mol. The maximum atomic E-state index is 11.9. The quantitative estimate of drug-likeness (QED) is 0.821. The van der Waals surface area contributed by atoms with Crippen LogP contribution in [-0.4, -0.2) is 47.7 Å². The van der Waals surface area contributed by atoms with Crippen molar-refractivity contribution in [2.45, 2.75) is 51.5 Å². The molecule has 0 amide bonds. The smallest absolute Gasteiger partial charge is 0.324 e. The van der Waals surface area contributed by atoms with Crippen molar-refractivity contribution in [2.24, 2.45) is 11.8 Å². The molecule has 1 aliphatic carbocycles. The zero-order valence-corrected chi connectivity index (χ0v) is 12.3. The molecule has 2 N–H and O–H groups in total. The van der Waals surface area contributed by atoms with Crippen LogP contribution in [0, 0.1) is 11.8 Å². The maximum Gasteiger partial charge on any atom is 0.324 e. The standard InChI is InChI=1S/C15H28N2O2/c1-12(2)13-4-6-15(7-5-13,14(18)19)17-10-3-8-16-9-11-17/h12-13,16H,3-11H2,1-2H3,(H,18,19). The van der Waals surface area contributed by atoms with Gasteiger partial charge in [-0.1, -0.05) is 13.8 Å². The number of hydrogen-bond acceptors (Lipinski definition) is 3. The van der Waals surface area contributed by atoms with E-state index in [1.54, 1.807) is 0 Å². The van der Waals surface area contributed by atoms with E-state index in [1.165, 1.54) is 0 Å². The Balaban J connectivity index is 2.08. The largest absolute Gasteiger partial charge is 0.480 e. The summed E-state index contributed by atoms with van der Waals surface area (Å²) in [5.41, 5.74) is -0.586. The summed E-state index contributed by atoms with van der Waals surface area (Å²) in [5.74, 6) is 0.784. The molecule has 4 heteroatoms. The molecule has 4 nitrogen and oxygen atoms in total. The van der Waals surface area contributed by atoms with Gasteiger partial charge in [0.2, 0.25) is 0 Å². The molecule has 2 aliphatic rings. The Kier molecular flexibility index (Phi) is 4.85. The van der Waals surface area contributed by atoms with Gasteiger partial charge >= 0.3 is 5.97 Å². The van der Waals surface area contributed by atoms with Crippen LogP contribution in [-0.2, 0) is 4.79 Å². The van der Waals surface area contributed by atoms with Crippen LogP contribution in [0.15, 0.2) is 0 Å². The Hall–Kier alpha value is -0.610. The molecule has 1 saturated heterocycles. The molecule has 1 saturated carbocycles. The van der Waals surface area contributed by atoms with Gasteiger partial charge in [-0.15, -0.1) is 0 Å². The van der Waals surface area contributed by atoms with E-state index >= 15 is 0 Å². The van der Waals surface area contributed by atoms with Gasteiger partial charge in [0.1, 0.15) is 5.54 Å². The lowest BCUT2D eigenvalue weighted by atomic mass is 9.72. The van der Waals surface area contributed by atoms with E-state index in [9.17, 15) is 9.90 Å². The SMILES string of the molecule is CC(C)C1CCC(C(=O)O)(N2CCCNCC2)CC1. The zero-order chi connectivity index (χ0) is 13.9. The van der Waals surface area contributed by atoms with E-state index in [4.69, 9.17) is 0 Å². The highest BCUT2D eigenvalue weighted by Gasteiger charge is 2.46. The molecule has 0 spiro atoms. The third-order valence-electron chi connectivity index (χ3n) is 5.14. The number of aliphatic carboxylic acids is 1. The van der Waals surface area contributed by atoms with Crippen LogP contribution in [0.2, 0.25) is 0 Å². The minimum atomic E-state index is -0.600. The van der Waals surface area contributed by atoms with E-state index in [1.807, 2.05) is 0 Å². The third-order valence-corrected chi connectivity index (χ3v) is 5.14. The minimum Gasteiger partial charge on any atom is -0.480 e. The fourth-order valence-electron chi connectivity index (χ4n) is 3.72. The Bertz CT molecular complexity index is 301. The second-order valence-corrected chi connectivity index (χ2v) is 6.51. The van der Waals surface area contributed by atoms with Gasteiger partial charge in [-0.25, -0.2) is 0 Å². The van der Waals surface area contributed by atoms with Crippen LogP contribution in [0.4, 0.5) is 0 Å². The van der Waals surface area contributed by atoms with Crippen LogP contribution in [0.3, 0.4) is 0 Å². The highest BCUT2D eigenvalue weighted by molar-refractivity contribution is 5.79. The summed E-state index contributed by atoms with van der Waals surface area (Å²) in [6.07, 6.45) is 4.83. The van der Waals surface area contributed by atoms with Gasteiger partial charge in [-0.2, -0.15) is 0 Å². The lowest BCUT2D eigenvalue weighted by molar-refractivity contribution is -0.155. The Morgan fingerprint density at radius 2 is 1.95 bits per heavy atom. The number of rotatable bonds is 3. The Morgan fingerprint density at radius 3 is 2.53 bits per heavy atom. The third kappa shape index (κ3) is 3.11. The summed E-state index contributed by atoms with van der Waals surface area (Å²) in [6.45, 7) is 8.25. The first-order valence-corrected chi connectivity index (χ1v) is 7.75. The number of nitrogens with one attached hydrogen (secondary N) is 1. The number of nitrogens with zero attached hydrogens (tertiary/aromatic N) is 1. The second kappa shape index (κ2) is 6.23. The summed E-state index contributed by atoms with van der Waals surface area (Å²) < 4.78 is 0. The van der Waals surface area contributed by atoms with Crippen molar-refractivity contribution in [1.82, 2.24) is 10.2 Å². The van der Waals surface area contributed by atoms with E-state index < -0.39 is 11.5 Å². The summed E-state index contributed by atoms with van der Waals surface area (Å²) in [4.78, 5) is 14.1. The summed E-state index contributed by atoms with van der Waals surface area (Å²) in [6, 6.07) is 0. The molecule has 0 aromatic heterocycles. The predicted molar refractivity (Wildman–Crippen MR) is 76.2 cm³/mol. The van der Waals surface area contributed by atoms with E-state index in [0.29, 0.717) is 11.8 Å². The molecule has 0 atom stereocenters. The van der Waals surface area contributed by atoms with Crippen LogP contribution < -0.4 is 5.32 Å². The van der Waals surface area contributed by atoms with Crippen LogP contribution in [0.1, 0.15) is 46.0 Å². The maximum absolute atomic E-state index is 11.9. The molecule has 0 aromatic carbocycles. The molecule has 19 heavy (non-hydrogen) atoms. The highest BCUT2D eigenvalue weighted by atomic mass is 16.4. The molecule has 2 fully saturated rings. The molecular weight excluding hydrogens is 240 g/mol. The molecule has 0 radical (unpaired) electrons. The number of carbonyl (C=O) groups is 1. The van der Waals surface area contributed by atoms with Crippen molar-refractivity contribution in [3.05, 3.63) is 0 Å². The summed E-state index contributed by atoms with van der Waals surface area (Å²) >= 11 is 0. The molecular formula is C15H28N2O2. The molecule has 2 rings (SSSR count). The zero-order valence-electron chi connectivity index (χ0n) is 12.3. The first-order valence-electron chi connectivity index (χ1n) is 7.75. The van der Waals surface area contributed by atoms with Crippen molar-refractivity contribution in [3.8, 4) is 0 Å². The number of carboxylic acids is 1. The fraction of sp³-hybridized carbons (Fsp3) is 0.933. The minimum absolute atomic E-state index is 0.586. The lowest BCUT2D eigenvalue weighted by Crippen LogP contribution is -2.57. The highest BCUT2D eigenvalue weighted by Crippen LogP contribution is 2.39. The molecule has 0 aromatic rings. The lowest BCUT2D eigenvalue weighted by Gasteiger charge is -2.45. The van der Waals surface area contributed by atoms with Gasteiger partial charge in [-0.05, 0) is 50.5 Å². The summed E-state index contributed by atoms with van der Waals surface area (Å²) in [7, 11) is 0. The van der Waals surface area contributed by atoms with E-state index in [0.717, 1.165) is 58.3 Å². The van der Waals surface area contributed by atoms with Crippen LogP contribution in [0.25, 0.3) is 0 Å². The Morgan fingerprint density at radius 1 is 1.26 bits per heavy atom. The second-order valence-electron chi connectivity index (χ2n) is 6.51. The van der Waals surface area contributed by atoms with Gasteiger partial charge in [-0.3, -0.25) is 9.69 Å². The first kappa shape index (κ1) is 14.8. The van der Waals surface area contributed by atoms with Gasteiger partial charge in [0.25, 0.3) is 0 Å². The van der Waals surface area contributed by atoms with Crippen molar-refractivity contribution >= 4 is 5.97 Å². The van der Waals surface area contributed by atoms with Gasteiger partial charge in [0, 0.05) is 19.6 Å². The molecule has 110 valence electrons.